The number of ether oxygens (including phenoxy) is 1. The van der Waals surface area contributed by atoms with Crippen LogP contribution >= 0.6 is 0 Å². The van der Waals surface area contributed by atoms with Crippen LogP contribution < -0.4 is 4.74 Å². The maximum atomic E-state index is 5.48. The first-order valence-corrected chi connectivity index (χ1v) is 9.49. The highest BCUT2D eigenvalue weighted by atomic mass is 16.5. The Bertz CT molecular complexity index is 970. The average Bonchev–Trinajstić information content (AvgIpc) is 3.34. The van der Waals surface area contributed by atoms with Crippen molar-refractivity contribution in [3.05, 3.63) is 47.8 Å². The second-order valence-corrected chi connectivity index (χ2v) is 7.41. The number of H-pyrrole nitrogens is 1. The van der Waals surface area contributed by atoms with Gasteiger partial charge in [-0.1, -0.05) is 25.1 Å². The summed E-state index contributed by atoms with van der Waals surface area (Å²) in [5.41, 5.74) is 3.76. The Kier molecular flexibility index (Phi) is 4.74. The molecule has 2 aromatic heterocycles. The van der Waals surface area contributed by atoms with Gasteiger partial charge in [0.1, 0.15) is 5.75 Å². The van der Waals surface area contributed by atoms with Crippen LogP contribution in [0.2, 0.25) is 0 Å². The summed E-state index contributed by atoms with van der Waals surface area (Å²) in [6.07, 6.45) is 5.39. The molecule has 0 fully saturated rings. The molecule has 0 spiro atoms. The van der Waals surface area contributed by atoms with Gasteiger partial charge in [0, 0.05) is 41.7 Å². The summed E-state index contributed by atoms with van der Waals surface area (Å²) >= 11 is 0. The van der Waals surface area contributed by atoms with E-state index in [4.69, 9.17) is 9.26 Å². The molecule has 1 aliphatic heterocycles. The molecule has 1 aromatic carbocycles. The van der Waals surface area contributed by atoms with Crippen molar-refractivity contribution < 1.29 is 9.26 Å². The normalized spacial score (nSPS) is 16.7. The molecule has 0 amide bonds. The molecule has 3 heterocycles. The fourth-order valence-electron chi connectivity index (χ4n) is 3.58. The Morgan fingerprint density at radius 3 is 2.78 bits per heavy atom. The van der Waals surface area contributed by atoms with E-state index in [1.165, 1.54) is 16.5 Å². The van der Waals surface area contributed by atoms with Crippen molar-refractivity contribution >= 4 is 16.5 Å². The summed E-state index contributed by atoms with van der Waals surface area (Å²) in [5, 5.41) is 5.30. The highest BCUT2D eigenvalue weighted by Crippen LogP contribution is 2.33. The number of aromatic nitrogens is 3. The molecule has 0 saturated heterocycles. The number of methoxy groups -OCH3 is 1. The molecule has 0 bridgehead atoms. The molecule has 1 unspecified atom stereocenters. The minimum Gasteiger partial charge on any atom is -0.497 e. The monoisotopic (exact) mass is 366 g/mol. The van der Waals surface area contributed by atoms with Crippen LogP contribution in [0.5, 0.6) is 5.75 Å². The SMILES string of the molecule is COc1ccc2[nH]cc(C3=CCN(C(C)c4nc(C(C)C)no4)CC3)c2c1. The van der Waals surface area contributed by atoms with Gasteiger partial charge in [-0.3, -0.25) is 4.90 Å². The van der Waals surface area contributed by atoms with Crippen molar-refractivity contribution in [3.63, 3.8) is 0 Å². The Morgan fingerprint density at radius 1 is 1.26 bits per heavy atom. The first-order valence-electron chi connectivity index (χ1n) is 9.49. The molecule has 27 heavy (non-hydrogen) atoms. The molecule has 4 rings (SSSR count). The standard InChI is InChI=1S/C21H26N4O2/c1-13(2)20-23-21(27-24-20)14(3)25-9-7-15(8-10-25)18-12-22-19-6-5-16(26-4)11-17(18)19/h5-7,11-14,22H,8-10H2,1-4H3. The van der Waals surface area contributed by atoms with Crippen molar-refractivity contribution in [3.8, 4) is 5.75 Å². The Morgan fingerprint density at radius 2 is 2.11 bits per heavy atom. The van der Waals surface area contributed by atoms with Crippen LogP contribution in [-0.2, 0) is 0 Å². The molecule has 1 N–H and O–H groups in total. The lowest BCUT2D eigenvalue weighted by Gasteiger charge is -2.29. The van der Waals surface area contributed by atoms with E-state index < -0.39 is 0 Å². The smallest absolute Gasteiger partial charge is 0.243 e. The second-order valence-electron chi connectivity index (χ2n) is 7.41. The van der Waals surface area contributed by atoms with Gasteiger partial charge in [0.2, 0.25) is 5.89 Å². The summed E-state index contributed by atoms with van der Waals surface area (Å²) < 4.78 is 10.9. The van der Waals surface area contributed by atoms with Crippen LogP contribution in [-0.4, -0.2) is 40.2 Å². The van der Waals surface area contributed by atoms with Crippen LogP contribution in [0.15, 0.2) is 35.0 Å². The van der Waals surface area contributed by atoms with E-state index in [2.05, 4.69) is 65.2 Å². The summed E-state index contributed by atoms with van der Waals surface area (Å²) in [7, 11) is 1.70. The number of aromatic amines is 1. The fourth-order valence-corrected chi connectivity index (χ4v) is 3.58. The van der Waals surface area contributed by atoms with Crippen molar-refractivity contribution in [2.75, 3.05) is 20.2 Å². The summed E-state index contributed by atoms with van der Waals surface area (Å²) in [6, 6.07) is 6.27. The van der Waals surface area contributed by atoms with Crippen molar-refractivity contribution in [1.29, 1.82) is 0 Å². The molecule has 0 aliphatic carbocycles. The number of hydrogen-bond acceptors (Lipinski definition) is 5. The lowest BCUT2D eigenvalue weighted by atomic mass is 9.98. The van der Waals surface area contributed by atoms with Crippen LogP contribution in [0.3, 0.4) is 0 Å². The predicted molar refractivity (Wildman–Crippen MR) is 106 cm³/mol. The minimum absolute atomic E-state index is 0.117. The van der Waals surface area contributed by atoms with E-state index in [0.29, 0.717) is 5.89 Å². The summed E-state index contributed by atoms with van der Waals surface area (Å²) in [6.45, 7) is 8.11. The first-order chi connectivity index (χ1) is 13.1. The molecular weight excluding hydrogens is 340 g/mol. The van der Waals surface area contributed by atoms with Gasteiger partial charge in [-0.15, -0.1) is 0 Å². The van der Waals surface area contributed by atoms with E-state index in [-0.39, 0.29) is 12.0 Å². The van der Waals surface area contributed by atoms with Gasteiger partial charge in [0.25, 0.3) is 0 Å². The van der Waals surface area contributed by atoms with E-state index in [1.807, 2.05) is 6.07 Å². The zero-order valence-electron chi connectivity index (χ0n) is 16.3. The average molecular weight is 366 g/mol. The lowest BCUT2D eigenvalue weighted by molar-refractivity contribution is 0.189. The second kappa shape index (κ2) is 7.19. The first kappa shape index (κ1) is 17.8. The summed E-state index contributed by atoms with van der Waals surface area (Å²) in [4.78, 5) is 10.3. The van der Waals surface area contributed by atoms with Gasteiger partial charge in [0.15, 0.2) is 5.82 Å². The highest BCUT2D eigenvalue weighted by Gasteiger charge is 2.25. The predicted octanol–water partition coefficient (Wildman–Crippen LogP) is 4.53. The Hall–Kier alpha value is -2.60. The van der Waals surface area contributed by atoms with Crippen molar-refractivity contribution in [2.45, 2.75) is 39.2 Å². The van der Waals surface area contributed by atoms with Gasteiger partial charge in [-0.05, 0) is 37.1 Å². The quantitative estimate of drug-likeness (QED) is 0.718. The van der Waals surface area contributed by atoms with Gasteiger partial charge in [0.05, 0.1) is 13.2 Å². The third-order valence-electron chi connectivity index (χ3n) is 5.35. The molecule has 3 aromatic rings. The van der Waals surface area contributed by atoms with E-state index in [1.54, 1.807) is 7.11 Å². The van der Waals surface area contributed by atoms with Crippen molar-refractivity contribution in [2.24, 2.45) is 0 Å². The van der Waals surface area contributed by atoms with E-state index >= 15 is 0 Å². The van der Waals surface area contributed by atoms with Gasteiger partial charge in [-0.2, -0.15) is 4.98 Å². The van der Waals surface area contributed by atoms with Gasteiger partial charge < -0.3 is 14.2 Å². The molecule has 0 saturated carbocycles. The van der Waals surface area contributed by atoms with Gasteiger partial charge >= 0.3 is 0 Å². The van der Waals surface area contributed by atoms with Crippen LogP contribution in [0.4, 0.5) is 0 Å². The molecule has 1 atom stereocenters. The zero-order chi connectivity index (χ0) is 19.0. The molecule has 0 radical (unpaired) electrons. The van der Waals surface area contributed by atoms with E-state index in [9.17, 15) is 0 Å². The number of nitrogens with one attached hydrogen (secondary N) is 1. The third kappa shape index (κ3) is 3.37. The zero-order valence-corrected chi connectivity index (χ0v) is 16.3. The highest BCUT2D eigenvalue weighted by molar-refractivity contribution is 5.93. The van der Waals surface area contributed by atoms with Crippen LogP contribution in [0.25, 0.3) is 16.5 Å². The number of hydrogen-bond donors (Lipinski definition) is 1. The number of rotatable bonds is 5. The minimum atomic E-state index is 0.117. The molecule has 6 heteroatoms. The summed E-state index contributed by atoms with van der Waals surface area (Å²) in [5.74, 6) is 2.64. The number of nitrogens with zero attached hydrogens (tertiary/aromatic N) is 3. The molecule has 6 nitrogen and oxygen atoms in total. The Labute approximate surface area is 159 Å². The van der Waals surface area contributed by atoms with Crippen molar-refractivity contribution in [1.82, 2.24) is 20.0 Å². The topological polar surface area (TPSA) is 67.2 Å². The maximum absolute atomic E-state index is 5.48. The maximum Gasteiger partial charge on any atom is 0.243 e. The van der Waals surface area contributed by atoms with Crippen LogP contribution in [0, 0.1) is 0 Å². The molecule has 1 aliphatic rings. The van der Waals surface area contributed by atoms with Crippen LogP contribution in [0.1, 0.15) is 56.4 Å². The lowest BCUT2D eigenvalue weighted by Crippen LogP contribution is -2.31. The molecule has 142 valence electrons. The Balaban J connectivity index is 1.53. The fraction of sp³-hybridized carbons (Fsp3) is 0.429. The number of fused-ring (bicyclic) bond motifs is 1. The number of benzene rings is 1. The largest absolute Gasteiger partial charge is 0.497 e. The van der Waals surface area contributed by atoms with Gasteiger partial charge in [-0.25, -0.2) is 0 Å². The molecular formula is C21H26N4O2. The van der Waals surface area contributed by atoms with E-state index in [0.717, 1.165) is 36.6 Å². The third-order valence-corrected chi connectivity index (χ3v) is 5.35.